The van der Waals surface area contributed by atoms with Gasteiger partial charge in [0.05, 0.1) is 0 Å². The minimum atomic E-state index is -0.226. The molecule has 0 aromatic heterocycles. The molecule has 0 atom stereocenters. The molecule has 1 fully saturated rings. The molecule has 1 N–H and O–H groups in total. The van der Waals surface area contributed by atoms with Crippen LogP contribution in [0.25, 0.3) is 0 Å². The van der Waals surface area contributed by atoms with E-state index < -0.39 is 0 Å². The molecule has 1 aliphatic heterocycles. The average molecular weight is 366 g/mol. The molecule has 2 amide bonds. The zero-order chi connectivity index (χ0) is 19.4. The highest BCUT2D eigenvalue weighted by atomic mass is 16.5. The minimum Gasteiger partial charge on any atom is -0.483 e. The first-order valence-corrected chi connectivity index (χ1v) is 9.37. The first kappa shape index (κ1) is 19.0. The van der Waals surface area contributed by atoms with Gasteiger partial charge < -0.3 is 15.0 Å². The van der Waals surface area contributed by atoms with Crippen molar-refractivity contribution in [1.29, 1.82) is 0 Å². The number of hydrogen-bond acceptors (Lipinski definition) is 3. The van der Waals surface area contributed by atoms with Gasteiger partial charge in [-0.1, -0.05) is 32.0 Å². The van der Waals surface area contributed by atoms with Crippen molar-refractivity contribution in [2.45, 2.75) is 39.5 Å². The Bertz CT molecular complexity index is 845. The maximum absolute atomic E-state index is 12.3. The third-order valence-electron chi connectivity index (χ3n) is 4.66. The van der Waals surface area contributed by atoms with Crippen LogP contribution < -0.4 is 15.0 Å². The Morgan fingerprint density at radius 2 is 2.04 bits per heavy atom. The fraction of sp³-hybridized carbons (Fsp3) is 0.364. The van der Waals surface area contributed by atoms with E-state index in [1.807, 2.05) is 49.4 Å². The van der Waals surface area contributed by atoms with Crippen LogP contribution in [-0.4, -0.2) is 25.0 Å². The molecule has 1 saturated heterocycles. The lowest BCUT2D eigenvalue weighted by molar-refractivity contribution is -0.118. The smallest absolute Gasteiger partial charge is 0.262 e. The van der Waals surface area contributed by atoms with Crippen LogP contribution in [0.2, 0.25) is 0 Å². The second-order valence-corrected chi connectivity index (χ2v) is 7.23. The summed E-state index contributed by atoms with van der Waals surface area (Å²) in [6.07, 6.45) is 1.46. The highest BCUT2D eigenvalue weighted by Gasteiger charge is 2.21. The molecule has 0 saturated carbocycles. The summed E-state index contributed by atoms with van der Waals surface area (Å²) in [5, 5.41) is 2.85. The van der Waals surface area contributed by atoms with Crippen molar-refractivity contribution >= 4 is 23.2 Å². The molecule has 2 aromatic carbocycles. The molecular formula is C22H26N2O3. The van der Waals surface area contributed by atoms with Gasteiger partial charge in [0, 0.05) is 24.3 Å². The van der Waals surface area contributed by atoms with Crippen LogP contribution in [0, 0.1) is 6.92 Å². The standard InChI is InChI=1S/C22H26N2O3/c1-15(2)19-10-9-16(3)12-20(19)27-14-21(25)23-17-6-4-7-18(13-17)24-11-5-8-22(24)26/h4,6-7,9-10,12-13,15H,5,8,11,14H2,1-3H3,(H,23,25). The molecule has 5 heteroatoms. The van der Waals surface area contributed by atoms with Gasteiger partial charge in [-0.05, 0) is 54.7 Å². The molecule has 0 spiro atoms. The topological polar surface area (TPSA) is 58.6 Å². The Kier molecular flexibility index (Phi) is 5.79. The number of nitrogens with zero attached hydrogens (tertiary/aromatic N) is 1. The van der Waals surface area contributed by atoms with Crippen molar-refractivity contribution in [2.24, 2.45) is 0 Å². The Morgan fingerprint density at radius 3 is 2.74 bits per heavy atom. The summed E-state index contributed by atoms with van der Waals surface area (Å²) in [7, 11) is 0. The van der Waals surface area contributed by atoms with E-state index in [4.69, 9.17) is 4.74 Å². The number of carbonyl (C=O) groups is 2. The minimum absolute atomic E-state index is 0.0595. The molecule has 27 heavy (non-hydrogen) atoms. The number of anilines is 2. The van der Waals surface area contributed by atoms with E-state index in [-0.39, 0.29) is 18.4 Å². The molecule has 1 heterocycles. The number of rotatable bonds is 6. The Balaban J connectivity index is 1.63. The lowest BCUT2D eigenvalue weighted by Gasteiger charge is -2.17. The van der Waals surface area contributed by atoms with E-state index in [0.29, 0.717) is 18.0 Å². The fourth-order valence-corrected chi connectivity index (χ4v) is 3.26. The normalized spacial score (nSPS) is 13.9. The molecule has 1 aliphatic rings. The SMILES string of the molecule is Cc1ccc(C(C)C)c(OCC(=O)Nc2cccc(N3CCCC3=O)c2)c1. The number of carbonyl (C=O) groups excluding carboxylic acids is 2. The molecule has 0 unspecified atom stereocenters. The monoisotopic (exact) mass is 366 g/mol. The zero-order valence-electron chi connectivity index (χ0n) is 16.1. The van der Waals surface area contributed by atoms with Crippen LogP contribution in [0.4, 0.5) is 11.4 Å². The molecule has 142 valence electrons. The van der Waals surface area contributed by atoms with Gasteiger partial charge >= 0.3 is 0 Å². The number of nitrogens with one attached hydrogen (secondary N) is 1. The summed E-state index contributed by atoms with van der Waals surface area (Å²) in [6.45, 7) is 6.87. The van der Waals surface area contributed by atoms with E-state index in [2.05, 4.69) is 19.2 Å². The molecule has 0 radical (unpaired) electrons. The summed E-state index contributed by atoms with van der Waals surface area (Å²) >= 11 is 0. The fourth-order valence-electron chi connectivity index (χ4n) is 3.26. The second-order valence-electron chi connectivity index (χ2n) is 7.23. The number of benzene rings is 2. The van der Waals surface area contributed by atoms with Crippen LogP contribution >= 0.6 is 0 Å². The first-order valence-electron chi connectivity index (χ1n) is 9.37. The molecule has 2 aromatic rings. The predicted molar refractivity (Wildman–Crippen MR) is 107 cm³/mol. The average Bonchev–Trinajstić information content (AvgIpc) is 3.06. The summed E-state index contributed by atoms with van der Waals surface area (Å²) in [6, 6.07) is 13.4. The van der Waals surface area contributed by atoms with Crippen LogP contribution in [0.15, 0.2) is 42.5 Å². The molecule has 5 nitrogen and oxygen atoms in total. The maximum Gasteiger partial charge on any atom is 0.262 e. The highest BCUT2D eigenvalue weighted by molar-refractivity contribution is 5.97. The van der Waals surface area contributed by atoms with Gasteiger partial charge in [-0.25, -0.2) is 0 Å². The van der Waals surface area contributed by atoms with Gasteiger partial charge in [0.25, 0.3) is 5.91 Å². The lowest BCUT2D eigenvalue weighted by Crippen LogP contribution is -2.24. The van der Waals surface area contributed by atoms with Crippen molar-refractivity contribution in [3.63, 3.8) is 0 Å². The van der Waals surface area contributed by atoms with E-state index in [9.17, 15) is 9.59 Å². The van der Waals surface area contributed by atoms with Crippen LogP contribution in [0.1, 0.15) is 43.7 Å². The van der Waals surface area contributed by atoms with E-state index in [1.54, 1.807) is 4.90 Å². The van der Waals surface area contributed by atoms with Crippen LogP contribution in [0.3, 0.4) is 0 Å². The van der Waals surface area contributed by atoms with Gasteiger partial charge in [-0.15, -0.1) is 0 Å². The third-order valence-corrected chi connectivity index (χ3v) is 4.66. The Morgan fingerprint density at radius 1 is 1.22 bits per heavy atom. The highest BCUT2D eigenvalue weighted by Crippen LogP contribution is 2.28. The molecule has 0 bridgehead atoms. The van der Waals surface area contributed by atoms with Crippen LogP contribution in [0.5, 0.6) is 5.75 Å². The van der Waals surface area contributed by atoms with E-state index in [1.165, 1.54) is 0 Å². The Hall–Kier alpha value is -2.82. The van der Waals surface area contributed by atoms with Crippen molar-refractivity contribution in [3.8, 4) is 5.75 Å². The van der Waals surface area contributed by atoms with Gasteiger partial charge in [-0.2, -0.15) is 0 Å². The molecule has 0 aliphatic carbocycles. The Labute approximate surface area is 160 Å². The number of hydrogen-bond donors (Lipinski definition) is 1. The summed E-state index contributed by atoms with van der Waals surface area (Å²) < 4.78 is 5.78. The first-order chi connectivity index (χ1) is 12.9. The van der Waals surface area contributed by atoms with Gasteiger partial charge in [-0.3, -0.25) is 9.59 Å². The summed E-state index contributed by atoms with van der Waals surface area (Å²) in [5.41, 5.74) is 3.66. The van der Waals surface area contributed by atoms with Crippen molar-refractivity contribution in [2.75, 3.05) is 23.4 Å². The number of amides is 2. The van der Waals surface area contributed by atoms with Gasteiger partial charge in [0.15, 0.2) is 6.61 Å². The quantitative estimate of drug-likeness (QED) is 0.831. The predicted octanol–water partition coefficient (Wildman–Crippen LogP) is 4.26. The molecular weight excluding hydrogens is 340 g/mol. The van der Waals surface area contributed by atoms with Gasteiger partial charge in [0.1, 0.15) is 5.75 Å². The summed E-state index contributed by atoms with van der Waals surface area (Å²) in [5.74, 6) is 0.966. The van der Waals surface area contributed by atoms with Crippen molar-refractivity contribution in [1.82, 2.24) is 0 Å². The number of aryl methyl sites for hydroxylation is 1. The van der Waals surface area contributed by atoms with Crippen LogP contribution in [-0.2, 0) is 9.59 Å². The molecule has 3 rings (SSSR count). The zero-order valence-corrected chi connectivity index (χ0v) is 16.1. The lowest BCUT2D eigenvalue weighted by atomic mass is 10.0. The summed E-state index contributed by atoms with van der Waals surface area (Å²) in [4.78, 5) is 26.0. The third kappa shape index (κ3) is 4.67. The van der Waals surface area contributed by atoms with Crippen molar-refractivity contribution in [3.05, 3.63) is 53.6 Å². The largest absolute Gasteiger partial charge is 0.483 e. The maximum atomic E-state index is 12.3. The van der Waals surface area contributed by atoms with Crippen molar-refractivity contribution < 1.29 is 14.3 Å². The number of ether oxygens (including phenoxy) is 1. The van der Waals surface area contributed by atoms with E-state index >= 15 is 0 Å². The van der Waals surface area contributed by atoms with Gasteiger partial charge in [0.2, 0.25) is 5.91 Å². The second kappa shape index (κ2) is 8.25. The van der Waals surface area contributed by atoms with E-state index in [0.717, 1.165) is 35.5 Å².